The third-order valence-corrected chi connectivity index (χ3v) is 5.13. The largest absolute Gasteiger partial charge is 0.468 e. The molecule has 3 unspecified atom stereocenters. The molecule has 1 N–H and O–H groups in total. The van der Waals surface area contributed by atoms with Crippen LogP contribution >= 0.6 is 0 Å². The molecule has 1 saturated heterocycles. The van der Waals surface area contributed by atoms with Crippen LogP contribution in [0.2, 0.25) is 0 Å². The van der Waals surface area contributed by atoms with Crippen LogP contribution in [0.15, 0.2) is 0 Å². The van der Waals surface area contributed by atoms with Gasteiger partial charge in [0.1, 0.15) is 5.54 Å². The van der Waals surface area contributed by atoms with Gasteiger partial charge in [0.25, 0.3) is 0 Å². The maximum atomic E-state index is 12.3. The van der Waals surface area contributed by atoms with E-state index >= 15 is 0 Å². The Labute approximate surface area is 129 Å². The standard InChI is InChI=1S/C16H31N3O2/c1-5-8-17-16(15(20)21-4)7-6-14(11-16)19-10-9-18(3)12-13(19)2/h13-14,17H,5-12H2,1-4H3. The first-order valence-electron chi connectivity index (χ1n) is 8.30. The number of ether oxygens (including phenoxy) is 1. The lowest BCUT2D eigenvalue weighted by Crippen LogP contribution is -2.56. The smallest absolute Gasteiger partial charge is 0.326 e. The molecule has 5 heteroatoms. The summed E-state index contributed by atoms with van der Waals surface area (Å²) in [5.74, 6) is -0.0831. The molecule has 2 aliphatic rings. The number of likely N-dealkylation sites (N-methyl/N-ethyl adjacent to an activating group) is 1. The molecule has 1 aliphatic heterocycles. The van der Waals surface area contributed by atoms with Gasteiger partial charge in [-0.2, -0.15) is 0 Å². The fourth-order valence-electron chi connectivity index (χ4n) is 3.98. The van der Waals surface area contributed by atoms with Gasteiger partial charge in [-0.1, -0.05) is 6.92 Å². The zero-order valence-corrected chi connectivity index (χ0v) is 14.0. The Morgan fingerprint density at radius 2 is 2.19 bits per heavy atom. The molecule has 2 fully saturated rings. The van der Waals surface area contributed by atoms with E-state index in [1.54, 1.807) is 0 Å². The van der Waals surface area contributed by atoms with Gasteiger partial charge < -0.3 is 15.0 Å². The Morgan fingerprint density at radius 1 is 1.43 bits per heavy atom. The second-order valence-corrected chi connectivity index (χ2v) is 6.75. The Hall–Kier alpha value is -0.650. The Bertz CT molecular complexity index is 363. The first-order chi connectivity index (χ1) is 10.0. The molecule has 0 spiro atoms. The van der Waals surface area contributed by atoms with Crippen LogP contribution in [0.4, 0.5) is 0 Å². The number of hydrogen-bond acceptors (Lipinski definition) is 5. The molecular formula is C16H31N3O2. The van der Waals surface area contributed by atoms with Crippen molar-refractivity contribution in [3.63, 3.8) is 0 Å². The monoisotopic (exact) mass is 297 g/mol. The van der Waals surface area contributed by atoms with E-state index in [-0.39, 0.29) is 5.97 Å². The summed E-state index contributed by atoms with van der Waals surface area (Å²) in [6, 6.07) is 1.06. The molecule has 0 radical (unpaired) electrons. The number of esters is 1. The summed E-state index contributed by atoms with van der Waals surface area (Å²) in [6.07, 6.45) is 3.89. The average molecular weight is 297 g/mol. The Kier molecular flexibility index (Phi) is 5.63. The lowest BCUT2D eigenvalue weighted by atomic mass is 9.96. The molecule has 0 amide bonds. The molecule has 0 bridgehead atoms. The molecule has 0 aromatic heterocycles. The van der Waals surface area contributed by atoms with E-state index in [0.29, 0.717) is 12.1 Å². The minimum Gasteiger partial charge on any atom is -0.468 e. The number of piperazine rings is 1. The number of methoxy groups -OCH3 is 1. The van der Waals surface area contributed by atoms with Gasteiger partial charge in [-0.3, -0.25) is 9.69 Å². The average Bonchev–Trinajstić information content (AvgIpc) is 2.89. The quantitative estimate of drug-likeness (QED) is 0.770. The van der Waals surface area contributed by atoms with E-state index in [0.717, 1.165) is 51.9 Å². The highest BCUT2D eigenvalue weighted by Crippen LogP contribution is 2.35. The molecule has 1 aliphatic carbocycles. The van der Waals surface area contributed by atoms with Crippen molar-refractivity contribution in [3.05, 3.63) is 0 Å². The van der Waals surface area contributed by atoms with E-state index in [9.17, 15) is 4.79 Å². The van der Waals surface area contributed by atoms with Crippen LogP contribution in [-0.2, 0) is 9.53 Å². The number of hydrogen-bond donors (Lipinski definition) is 1. The van der Waals surface area contributed by atoms with Crippen LogP contribution in [0, 0.1) is 0 Å². The van der Waals surface area contributed by atoms with E-state index in [2.05, 4.69) is 36.0 Å². The van der Waals surface area contributed by atoms with E-state index in [1.807, 2.05) is 0 Å². The van der Waals surface area contributed by atoms with Crippen LogP contribution < -0.4 is 5.32 Å². The first kappa shape index (κ1) is 16.7. The van der Waals surface area contributed by atoms with Gasteiger partial charge in [0.15, 0.2) is 0 Å². The number of carbonyl (C=O) groups excluding carboxylic acids is 1. The van der Waals surface area contributed by atoms with Gasteiger partial charge in [0.05, 0.1) is 7.11 Å². The molecule has 2 rings (SSSR count). The second-order valence-electron chi connectivity index (χ2n) is 6.75. The lowest BCUT2D eigenvalue weighted by Gasteiger charge is -2.42. The van der Waals surface area contributed by atoms with Gasteiger partial charge in [0, 0.05) is 31.7 Å². The SMILES string of the molecule is CCCNC1(C(=O)OC)CCC(N2CCN(C)CC2C)C1. The van der Waals surface area contributed by atoms with Crippen LogP contribution in [0.5, 0.6) is 0 Å². The molecular weight excluding hydrogens is 266 g/mol. The summed E-state index contributed by atoms with van der Waals surface area (Å²) < 4.78 is 5.09. The van der Waals surface area contributed by atoms with E-state index < -0.39 is 5.54 Å². The molecule has 5 nitrogen and oxygen atoms in total. The molecule has 21 heavy (non-hydrogen) atoms. The molecule has 1 saturated carbocycles. The molecule has 0 aromatic carbocycles. The highest BCUT2D eigenvalue weighted by molar-refractivity contribution is 5.81. The topological polar surface area (TPSA) is 44.8 Å². The predicted molar refractivity (Wildman–Crippen MR) is 84.3 cm³/mol. The number of rotatable bonds is 5. The van der Waals surface area contributed by atoms with Gasteiger partial charge >= 0.3 is 5.97 Å². The van der Waals surface area contributed by atoms with Crippen molar-refractivity contribution in [2.24, 2.45) is 0 Å². The maximum Gasteiger partial charge on any atom is 0.326 e. The predicted octanol–water partition coefficient (Wildman–Crippen LogP) is 1.09. The lowest BCUT2D eigenvalue weighted by molar-refractivity contribution is -0.148. The van der Waals surface area contributed by atoms with Crippen LogP contribution in [0.1, 0.15) is 39.5 Å². The molecule has 122 valence electrons. The first-order valence-corrected chi connectivity index (χ1v) is 8.30. The van der Waals surface area contributed by atoms with Crippen molar-refractivity contribution in [2.45, 2.75) is 57.2 Å². The zero-order chi connectivity index (χ0) is 15.5. The van der Waals surface area contributed by atoms with Crippen LogP contribution in [-0.4, -0.2) is 73.7 Å². The summed E-state index contributed by atoms with van der Waals surface area (Å²) in [5.41, 5.74) is -0.460. The van der Waals surface area contributed by atoms with Gasteiger partial charge in [0.2, 0.25) is 0 Å². The normalized spacial score (nSPS) is 35.0. The third kappa shape index (κ3) is 3.58. The highest BCUT2D eigenvalue weighted by atomic mass is 16.5. The number of nitrogens with zero attached hydrogens (tertiary/aromatic N) is 2. The summed E-state index contributed by atoms with van der Waals surface area (Å²) >= 11 is 0. The molecule has 1 heterocycles. The molecule has 0 aromatic rings. The second kappa shape index (κ2) is 7.07. The van der Waals surface area contributed by atoms with Crippen LogP contribution in [0.3, 0.4) is 0 Å². The van der Waals surface area contributed by atoms with Crippen molar-refractivity contribution in [1.82, 2.24) is 15.1 Å². The molecule has 3 atom stereocenters. The zero-order valence-electron chi connectivity index (χ0n) is 14.0. The van der Waals surface area contributed by atoms with Gasteiger partial charge in [-0.25, -0.2) is 0 Å². The summed E-state index contributed by atoms with van der Waals surface area (Å²) in [5, 5.41) is 3.48. The van der Waals surface area contributed by atoms with Crippen molar-refractivity contribution in [2.75, 3.05) is 40.3 Å². The van der Waals surface area contributed by atoms with E-state index in [4.69, 9.17) is 4.74 Å². The summed E-state index contributed by atoms with van der Waals surface area (Å²) in [4.78, 5) is 17.3. The van der Waals surface area contributed by atoms with Crippen LogP contribution in [0.25, 0.3) is 0 Å². The Morgan fingerprint density at radius 3 is 2.81 bits per heavy atom. The summed E-state index contributed by atoms with van der Waals surface area (Å²) in [7, 11) is 3.69. The minimum absolute atomic E-state index is 0.0831. The number of nitrogens with one attached hydrogen (secondary N) is 1. The van der Waals surface area contributed by atoms with Crippen molar-refractivity contribution >= 4 is 5.97 Å². The van der Waals surface area contributed by atoms with E-state index in [1.165, 1.54) is 7.11 Å². The number of carbonyl (C=O) groups is 1. The van der Waals surface area contributed by atoms with Crippen molar-refractivity contribution in [3.8, 4) is 0 Å². The van der Waals surface area contributed by atoms with Gasteiger partial charge in [-0.15, -0.1) is 0 Å². The maximum absolute atomic E-state index is 12.3. The van der Waals surface area contributed by atoms with Crippen molar-refractivity contribution < 1.29 is 9.53 Å². The third-order valence-electron chi connectivity index (χ3n) is 5.13. The van der Waals surface area contributed by atoms with Crippen molar-refractivity contribution in [1.29, 1.82) is 0 Å². The Balaban J connectivity index is 2.03. The van der Waals surface area contributed by atoms with Gasteiger partial charge in [-0.05, 0) is 46.2 Å². The summed E-state index contributed by atoms with van der Waals surface area (Å²) in [6.45, 7) is 8.65. The highest BCUT2D eigenvalue weighted by Gasteiger charge is 2.48. The fraction of sp³-hybridized carbons (Fsp3) is 0.938. The minimum atomic E-state index is -0.460. The fourth-order valence-corrected chi connectivity index (χ4v) is 3.98.